The van der Waals surface area contributed by atoms with Crippen molar-refractivity contribution in [1.82, 2.24) is 19.5 Å². The molecular formula is C24H24N4O4S2. The third-order valence-electron chi connectivity index (χ3n) is 5.63. The Kier molecular flexibility index (Phi) is 6.53. The van der Waals surface area contributed by atoms with E-state index in [0.29, 0.717) is 35.5 Å². The lowest BCUT2D eigenvalue weighted by Gasteiger charge is -2.25. The number of piperidine rings is 1. The predicted octanol–water partition coefficient (Wildman–Crippen LogP) is 5.17. The Morgan fingerprint density at radius 2 is 1.76 bits per heavy atom. The van der Waals surface area contributed by atoms with Crippen molar-refractivity contribution < 1.29 is 17.3 Å². The second kappa shape index (κ2) is 9.73. The van der Waals surface area contributed by atoms with Crippen molar-refractivity contribution in [3.05, 3.63) is 66.1 Å². The topological polar surface area (TPSA) is 102 Å². The highest BCUT2D eigenvalue weighted by Crippen LogP contribution is 2.29. The molecule has 0 saturated carbocycles. The fraction of sp³-hybridized carbons (Fsp3) is 0.292. The van der Waals surface area contributed by atoms with Crippen LogP contribution in [0.4, 0.5) is 0 Å². The summed E-state index contributed by atoms with van der Waals surface area (Å²) in [5, 5.41) is 8.57. The zero-order valence-electron chi connectivity index (χ0n) is 18.7. The van der Waals surface area contributed by atoms with E-state index in [-0.39, 0.29) is 10.8 Å². The van der Waals surface area contributed by atoms with Crippen LogP contribution in [0.1, 0.15) is 30.5 Å². The number of thioether (sulfide) groups is 1. The maximum atomic E-state index is 13.0. The monoisotopic (exact) mass is 496 g/mol. The molecule has 2 aromatic heterocycles. The zero-order chi connectivity index (χ0) is 23.5. The molecule has 8 nitrogen and oxygen atoms in total. The van der Waals surface area contributed by atoms with Crippen molar-refractivity contribution in [2.24, 2.45) is 0 Å². The molecule has 0 bridgehead atoms. The van der Waals surface area contributed by atoms with Gasteiger partial charge in [0, 0.05) is 30.0 Å². The Bertz CT molecular complexity index is 1370. The van der Waals surface area contributed by atoms with Crippen molar-refractivity contribution in [2.75, 3.05) is 13.1 Å². The number of aryl methyl sites for hydroxylation is 1. The molecule has 0 amide bonds. The average molecular weight is 497 g/mol. The van der Waals surface area contributed by atoms with Crippen molar-refractivity contribution in [1.29, 1.82) is 0 Å². The maximum Gasteiger partial charge on any atom is 0.277 e. The number of sulfonamides is 1. The van der Waals surface area contributed by atoms with E-state index >= 15 is 0 Å². The Morgan fingerprint density at radius 3 is 2.56 bits per heavy atom. The first-order valence-corrected chi connectivity index (χ1v) is 13.5. The summed E-state index contributed by atoms with van der Waals surface area (Å²) in [5.41, 5.74) is 3.42. The molecule has 0 radical (unpaired) electrons. The van der Waals surface area contributed by atoms with E-state index in [1.165, 1.54) is 17.3 Å². The third-order valence-corrected chi connectivity index (χ3v) is 8.38. The van der Waals surface area contributed by atoms with E-state index in [0.717, 1.165) is 30.5 Å². The van der Waals surface area contributed by atoms with E-state index in [2.05, 4.69) is 15.2 Å². The Hall–Kier alpha value is -2.95. The third kappa shape index (κ3) is 4.94. The van der Waals surface area contributed by atoms with Gasteiger partial charge in [-0.1, -0.05) is 41.9 Å². The molecule has 4 aromatic rings. The molecule has 0 spiro atoms. The minimum Gasteiger partial charge on any atom is -0.444 e. The molecule has 1 aliphatic rings. The highest BCUT2D eigenvalue weighted by atomic mass is 32.2. The fourth-order valence-corrected chi connectivity index (χ4v) is 5.97. The molecule has 5 rings (SSSR count). The van der Waals surface area contributed by atoms with Gasteiger partial charge in [0.05, 0.1) is 10.6 Å². The summed E-state index contributed by atoms with van der Waals surface area (Å²) in [6.07, 6.45) is 4.47. The van der Waals surface area contributed by atoms with Gasteiger partial charge in [-0.15, -0.1) is 10.2 Å². The van der Waals surface area contributed by atoms with Crippen LogP contribution in [-0.4, -0.2) is 41.0 Å². The van der Waals surface area contributed by atoms with Gasteiger partial charge in [0.15, 0.2) is 0 Å². The predicted molar refractivity (Wildman–Crippen MR) is 129 cm³/mol. The number of hydrogen-bond acceptors (Lipinski definition) is 8. The second-order valence-corrected chi connectivity index (χ2v) is 11.0. The molecule has 1 saturated heterocycles. The largest absolute Gasteiger partial charge is 0.444 e. The van der Waals surface area contributed by atoms with Crippen molar-refractivity contribution in [2.45, 2.75) is 42.1 Å². The quantitative estimate of drug-likeness (QED) is 0.323. The van der Waals surface area contributed by atoms with Gasteiger partial charge in [-0.3, -0.25) is 0 Å². The molecule has 0 aliphatic carbocycles. The molecule has 176 valence electrons. The molecule has 3 heterocycles. The first-order chi connectivity index (χ1) is 16.5. The van der Waals surface area contributed by atoms with Crippen LogP contribution in [0.3, 0.4) is 0 Å². The zero-order valence-corrected chi connectivity index (χ0v) is 20.3. The number of nitrogens with zero attached hydrogens (tertiary/aromatic N) is 4. The number of hydrogen-bond donors (Lipinski definition) is 0. The highest BCUT2D eigenvalue weighted by Gasteiger charge is 2.26. The van der Waals surface area contributed by atoms with Crippen LogP contribution in [-0.2, 0) is 15.8 Å². The normalized spacial score (nSPS) is 15.0. The SMILES string of the molecule is Cc1ccc(-c2nc(CSc3nnc(-c4cccc(S(=O)(=O)N5CCCCC5)c4)o3)co2)cc1. The molecular weight excluding hydrogens is 472 g/mol. The van der Waals surface area contributed by atoms with E-state index in [1.807, 2.05) is 31.2 Å². The number of rotatable bonds is 7. The molecule has 0 atom stereocenters. The van der Waals surface area contributed by atoms with E-state index in [1.54, 1.807) is 34.8 Å². The van der Waals surface area contributed by atoms with Crippen molar-refractivity contribution >= 4 is 21.8 Å². The minimum atomic E-state index is -3.54. The van der Waals surface area contributed by atoms with E-state index < -0.39 is 10.0 Å². The van der Waals surface area contributed by atoms with Gasteiger partial charge in [-0.05, 0) is 50.1 Å². The first-order valence-electron chi connectivity index (χ1n) is 11.1. The van der Waals surface area contributed by atoms with Gasteiger partial charge in [0.2, 0.25) is 21.8 Å². The summed E-state index contributed by atoms with van der Waals surface area (Å²) < 4.78 is 38.9. The Balaban J connectivity index is 1.26. The van der Waals surface area contributed by atoms with Gasteiger partial charge in [-0.25, -0.2) is 13.4 Å². The van der Waals surface area contributed by atoms with Crippen molar-refractivity contribution in [3.8, 4) is 22.9 Å². The smallest absolute Gasteiger partial charge is 0.277 e. The van der Waals surface area contributed by atoms with Gasteiger partial charge >= 0.3 is 0 Å². The average Bonchev–Trinajstić information content (AvgIpc) is 3.54. The molecule has 1 aliphatic heterocycles. The Labute approximate surface area is 202 Å². The summed E-state index contributed by atoms with van der Waals surface area (Å²) in [4.78, 5) is 4.77. The van der Waals surface area contributed by atoms with Crippen LogP contribution in [0.2, 0.25) is 0 Å². The summed E-state index contributed by atoms with van der Waals surface area (Å²) in [6.45, 7) is 3.15. The summed E-state index contributed by atoms with van der Waals surface area (Å²) in [7, 11) is -3.54. The lowest BCUT2D eigenvalue weighted by atomic mass is 10.1. The van der Waals surface area contributed by atoms with Gasteiger partial charge < -0.3 is 8.83 Å². The molecule has 34 heavy (non-hydrogen) atoms. The lowest BCUT2D eigenvalue weighted by Crippen LogP contribution is -2.35. The summed E-state index contributed by atoms with van der Waals surface area (Å²) >= 11 is 1.34. The number of aromatic nitrogens is 3. The maximum absolute atomic E-state index is 13.0. The van der Waals surface area contributed by atoms with Gasteiger partial charge in [-0.2, -0.15) is 4.31 Å². The molecule has 0 N–H and O–H groups in total. The fourth-order valence-electron chi connectivity index (χ4n) is 3.77. The van der Waals surface area contributed by atoms with Crippen LogP contribution < -0.4 is 0 Å². The number of benzene rings is 2. The number of oxazole rings is 1. The Morgan fingerprint density at radius 1 is 0.971 bits per heavy atom. The van der Waals surface area contributed by atoms with E-state index in [9.17, 15) is 8.42 Å². The van der Waals surface area contributed by atoms with Crippen LogP contribution >= 0.6 is 11.8 Å². The molecule has 2 aromatic carbocycles. The first kappa shape index (κ1) is 22.8. The van der Waals surface area contributed by atoms with Crippen LogP contribution in [0.25, 0.3) is 22.9 Å². The highest BCUT2D eigenvalue weighted by molar-refractivity contribution is 7.98. The standard InChI is InChI=1S/C24H24N4O4S2/c1-17-8-10-18(11-9-17)22-25-20(15-31-22)16-33-24-27-26-23(32-24)19-6-5-7-21(14-19)34(29,30)28-12-3-2-4-13-28/h5-11,14-15H,2-4,12-13,16H2,1H3. The van der Waals surface area contributed by atoms with E-state index in [4.69, 9.17) is 8.83 Å². The van der Waals surface area contributed by atoms with Gasteiger partial charge in [0.25, 0.3) is 5.22 Å². The molecule has 1 fully saturated rings. The second-order valence-electron chi connectivity index (χ2n) is 8.16. The lowest BCUT2D eigenvalue weighted by molar-refractivity contribution is 0.346. The van der Waals surface area contributed by atoms with Crippen LogP contribution in [0.5, 0.6) is 0 Å². The summed E-state index contributed by atoms with van der Waals surface area (Å²) in [6, 6.07) is 14.6. The minimum absolute atomic E-state index is 0.241. The van der Waals surface area contributed by atoms with Crippen molar-refractivity contribution in [3.63, 3.8) is 0 Å². The van der Waals surface area contributed by atoms with Crippen LogP contribution in [0, 0.1) is 6.92 Å². The molecule has 0 unspecified atom stereocenters. The molecule has 10 heteroatoms. The van der Waals surface area contributed by atoms with Gasteiger partial charge in [0.1, 0.15) is 6.26 Å². The summed E-state index contributed by atoms with van der Waals surface area (Å²) in [5.74, 6) is 1.34. The van der Waals surface area contributed by atoms with Crippen LogP contribution in [0.15, 0.2) is 73.7 Å².